The maximum absolute atomic E-state index is 11.1. The average molecular weight is 262 g/mol. The van der Waals surface area contributed by atoms with Crippen LogP contribution in [0.5, 0.6) is 0 Å². The second-order valence-electron chi connectivity index (χ2n) is 4.75. The van der Waals surface area contributed by atoms with E-state index in [1.54, 1.807) is 0 Å². The summed E-state index contributed by atoms with van der Waals surface area (Å²) in [4.78, 5) is 25.3. The maximum Gasteiger partial charge on any atom is 0.407 e. The van der Waals surface area contributed by atoms with Gasteiger partial charge in [0.05, 0.1) is 6.04 Å². The zero-order valence-corrected chi connectivity index (χ0v) is 10.7. The van der Waals surface area contributed by atoms with Crippen molar-refractivity contribution < 1.29 is 14.7 Å². The molecule has 0 bridgehead atoms. The third kappa shape index (κ3) is 3.54. The summed E-state index contributed by atoms with van der Waals surface area (Å²) in [5.41, 5.74) is 1.20. The first-order valence-electron chi connectivity index (χ1n) is 6.40. The van der Waals surface area contributed by atoms with Crippen LogP contribution in [0.3, 0.4) is 0 Å². The number of piperazine rings is 1. The first kappa shape index (κ1) is 13.5. The lowest BCUT2D eigenvalue weighted by Gasteiger charge is -2.39. The topological polar surface area (TPSA) is 60.9 Å². The molecule has 19 heavy (non-hydrogen) atoms. The van der Waals surface area contributed by atoms with E-state index in [9.17, 15) is 9.59 Å². The summed E-state index contributed by atoms with van der Waals surface area (Å²) < 4.78 is 0. The van der Waals surface area contributed by atoms with Gasteiger partial charge in [0.25, 0.3) is 0 Å². The summed E-state index contributed by atoms with van der Waals surface area (Å²) in [6.07, 6.45) is 0.121. The van der Waals surface area contributed by atoms with Crippen molar-refractivity contribution in [3.63, 3.8) is 0 Å². The number of carbonyl (C=O) groups excluding carboxylic acids is 1. The highest BCUT2D eigenvalue weighted by Crippen LogP contribution is 2.15. The van der Waals surface area contributed by atoms with Crippen molar-refractivity contribution in [3.8, 4) is 0 Å². The van der Waals surface area contributed by atoms with E-state index in [4.69, 9.17) is 5.11 Å². The highest BCUT2D eigenvalue weighted by atomic mass is 16.4. The fourth-order valence-corrected chi connectivity index (χ4v) is 2.47. The standard InChI is InChI=1S/C14H18N2O3/c17-9-6-13-11-15(7-8-16(13)14(18)19)10-12-4-2-1-3-5-12/h1-5,9,13H,6-8,10-11H2,(H,18,19). The Morgan fingerprint density at radius 1 is 1.32 bits per heavy atom. The van der Waals surface area contributed by atoms with Crippen LogP contribution in [-0.4, -0.2) is 53.0 Å². The normalized spacial score (nSPS) is 20.2. The summed E-state index contributed by atoms with van der Waals surface area (Å²) in [6.45, 7) is 2.57. The minimum atomic E-state index is -0.939. The van der Waals surface area contributed by atoms with E-state index in [2.05, 4.69) is 17.0 Å². The van der Waals surface area contributed by atoms with Gasteiger partial charge in [-0.05, 0) is 5.56 Å². The lowest BCUT2D eigenvalue weighted by molar-refractivity contribution is -0.109. The van der Waals surface area contributed by atoms with Gasteiger partial charge in [-0.1, -0.05) is 30.3 Å². The van der Waals surface area contributed by atoms with Gasteiger partial charge >= 0.3 is 6.09 Å². The Hall–Kier alpha value is -1.88. The summed E-state index contributed by atoms with van der Waals surface area (Å²) in [6, 6.07) is 9.84. The molecule has 1 fully saturated rings. The van der Waals surface area contributed by atoms with E-state index in [1.807, 2.05) is 18.2 Å². The molecule has 1 saturated heterocycles. The molecule has 102 valence electrons. The summed E-state index contributed by atoms with van der Waals surface area (Å²) in [5.74, 6) is 0. The zero-order valence-electron chi connectivity index (χ0n) is 10.7. The SMILES string of the molecule is O=CCC1CN(Cc2ccccc2)CCN1C(=O)O. The molecule has 0 aliphatic carbocycles. The van der Waals surface area contributed by atoms with Gasteiger partial charge in [0.2, 0.25) is 0 Å². The molecule has 1 amide bonds. The molecule has 0 spiro atoms. The first-order chi connectivity index (χ1) is 9.20. The number of amides is 1. The predicted molar refractivity (Wildman–Crippen MR) is 70.9 cm³/mol. The van der Waals surface area contributed by atoms with Crippen molar-refractivity contribution in [1.82, 2.24) is 9.80 Å². The third-order valence-corrected chi connectivity index (χ3v) is 3.43. The van der Waals surface area contributed by atoms with Crippen molar-refractivity contribution >= 4 is 12.4 Å². The van der Waals surface area contributed by atoms with E-state index in [-0.39, 0.29) is 12.5 Å². The van der Waals surface area contributed by atoms with E-state index >= 15 is 0 Å². The number of carboxylic acid groups (broad SMARTS) is 1. The second kappa shape index (κ2) is 6.33. The Morgan fingerprint density at radius 3 is 2.68 bits per heavy atom. The highest BCUT2D eigenvalue weighted by Gasteiger charge is 2.29. The van der Waals surface area contributed by atoms with Crippen LogP contribution in [0, 0.1) is 0 Å². The molecule has 1 aromatic rings. The van der Waals surface area contributed by atoms with Gasteiger partial charge in [0.15, 0.2) is 0 Å². The number of hydrogen-bond donors (Lipinski definition) is 1. The summed E-state index contributed by atoms with van der Waals surface area (Å²) >= 11 is 0. The second-order valence-corrected chi connectivity index (χ2v) is 4.75. The molecule has 2 rings (SSSR count). The lowest BCUT2D eigenvalue weighted by Crippen LogP contribution is -2.54. The Balaban J connectivity index is 1.98. The highest BCUT2D eigenvalue weighted by molar-refractivity contribution is 5.66. The van der Waals surface area contributed by atoms with Crippen LogP contribution in [0.15, 0.2) is 30.3 Å². The molecule has 1 aliphatic heterocycles. The predicted octanol–water partition coefficient (Wildman–Crippen LogP) is 1.44. The van der Waals surface area contributed by atoms with E-state index in [1.165, 1.54) is 10.5 Å². The largest absolute Gasteiger partial charge is 0.465 e. The molecule has 1 aromatic carbocycles. The minimum absolute atomic E-state index is 0.229. The van der Waals surface area contributed by atoms with Crippen molar-refractivity contribution in [3.05, 3.63) is 35.9 Å². The molecular weight excluding hydrogens is 244 g/mol. The minimum Gasteiger partial charge on any atom is -0.465 e. The number of benzene rings is 1. The quantitative estimate of drug-likeness (QED) is 0.834. The number of rotatable bonds is 4. The summed E-state index contributed by atoms with van der Waals surface area (Å²) in [5, 5.41) is 9.10. The Morgan fingerprint density at radius 2 is 2.05 bits per heavy atom. The van der Waals surface area contributed by atoms with Gasteiger partial charge in [0, 0.05) is 32.6 Å². The smallest absolute Gasteiger partial charge is 0.407 e. The molecule has 0 aromatic heterocycles. The lowest BCUT2D eigenvalue weighted by atomic mass is 10.1. The number of aldehydes is 1. The molecule has 0 radical (unpaired) electrons. The van der Waals surface area contributed by atoms with Crippen LogP contribution in [0.25, 0.3) is 0 Å². The van der Waals surface area contributed by atoms with Crippen LogP contribution in [-0.2, 0) is 11.3 Å². The molecule has 0 saturated carbocycles. The van der Waals surface area contributed by atoms with Gasteiger partial charge in [-0.25, -0.2) is 4.79 Å². The van der Waals surface area contributed by atoms with Crippen molar-refractivity contribution in [1.29, 1.82) is 0 Å². The fourth-order valence-electron chi connectivity index (χ4n) is 2.47. The van der Waals surface area contributed by atoms with Gasteiger partial charge < -0.3 is 14.8 Å². The van der Waals surface area contributed by atoms with Gasteiger partial charge in [-0.15, -0.1) is 0 Å². The monoisotopic (exact) mass is 262 g/mol. The van der Waals surface area contributed by atoms with Crippen LogP contribution in [0.4, 0.5) is 4.79 Å². The van der Waals surface area contributed by atoms with Crippen LogP contribution < -0.4 is 0 Å². The molecule has 1 unspecified atom stereocenters. The van der Waals surface area contributed by atoms with Crippen molar-refractivity contribution in [2.75, 3.05) is 19.6 Å². The van der Waals surface area contributed by atoms with Gasteiger partial charge in [-0.3, -0.25) is 4.90 Å². The molecule has 1 N–H and O–H groups in total. The van der Waals surface area contributed by atoms with E-state index in [0.717, 1.165) is 12.8 Å². The number of hydrogen-bond acceptors (Lipinski definition) is 3. The molecule has 1 aliphatic rings. The molecule has 5 nitrogen and oxygen atoms in total. The Kier molecular flexibility index (Phi) is 4.52. The molecule has 1 heterocycles. The average Bonchev–Trinajstić information content (AvgIpc) is 2.40. The zero-order chi connectivity index (χ0) is 13.7. The van der Waals surface area contributed by atoms with Crippen molar-refractivity contribution in [2.24, 2.45) is 0 Å². The molecular formula is C14H18N2O3. The van der Waals surface area contributed by atoms with Gasteiger partial charge in [-0.2, -0.15) is 0 Å². The maximum atomic E-state index is 11.1. The molecule has 1 atom stereocenters. The fraction of sp³-hybridized carbons (Fsp3) is 0.429. The Bertz CT molecular complexity index is 436. The number of nitrogens with zero attached hydrogens (tertiary/aromatic N) is 2. The van der Waals surface area contributed by atoms with Crippen LogP contribution in [0.2, 0.25) is 0 Å². The number of carbonyl (C=O) groups is 2. The molecule has 5 heteroatoms. The van der Waals surface area contributed by atoms with Crippen LogP contribution >= 0.6 is 0 Å². The first-order valence-corrected chi connectivity index (χ1v) is 6.40. The van der Waals surface area contributed by atoms with Crippen LogP contribution in [0.1, 0.15) is 12.0 Å². The summed E-state index contributed by atoms with van der Waals surface area (Å²) in [7, 11) is 0. The Labute approximate surface area is 112 Å². The van der Waals surface area contributed by atoms with Gasteiger partial charge in [0.1, 0.15) is 6.29 Å². The third-order valence-electron chi connectivity index (χ3n) is 3.43. The van der Waals surface area contributed by atoms with Crippen molar-refractivity contribution in [2.45, 2.75) is 19.0 Å². The van der Waals surface area contributed by atoms with E-state index in [0.29, 0.717) is 19.6 Å². The van der Waals surface area contributed by atoms with E-state index < -0.39 is 6.09 Å².